The van der Waals surface area contributed by atoms with Crippen molar-refractivity contribution in [1.29, 1.82) is 0 Å². The minimum absolute atomic E-state index is 0.0480. The van der Waals surface area contributed by atoms with Crippen molar-refractivity contribution in [1.82, 2.24) is 25.2 Å². The van der Waals surface area contributed by atoms with Crippen molar-refractivity contribution >= 4 is 50.4 Å². The van der Waals surface area contributed by atoms with E-state index < -0.39 is 85.9 Å². The number of carbonyl (C=O) groups is 4. The number of alkyl halides is 3. The van der Waals surface area contributed by atoms with Crippen molar-refractivity contribution in [2.75, 3.05) is 44.9 Å². The summed E-state index contributed by atoms with van der Waals surface area (Å²) in [5.74, 6) is -2.33. The first-order valence-corrected chi connectivity index (χ1v) is 22.9. The van der Waals surface area contributed by atoms with Gasteiger partial charge in [0.15, 0.2) is 0 Å². The average molecular weight is 907 g/mol. The molecular weight excluding hydrogens is 850 g/mol. The highest BCUT2D eigenvalue weighted by Gasteiger charge is 2.63. The summed E-state index contributed by atoms with van der Waals surface area (Å²) in [6.07, 6.45) is -1.42. The van der Waals surface area contributed by atoms with Gasteiger partial charge in [0.2, 0.25) is 33.3 Å². The van der Waals surface area contributed by atoms with Crippen LogP contribution in [0.25, 0.3) is 10.8 Å². The number of pyridine rings is 1. The molecule has 2 aliphatic carbocycles. The lowest BCUT2D eigenvalue weighted by Gasteiger charge is -2.34. The molecule has 3 aliphatic heterocycles. The van der Waals surface area contributed by atoms with E-state index in [2.05, 4.69) is 15.4 Å². The number of aromatic nitrogens is 1. The van der Waals surface area contributed by atoms with E-state index in [-0.39, 0.29) is 31.2 Å². The molecule has 16 nitrogen and oxygen atoms in total. The summed E-state index contributed by atoms with van der Waals surface area (Å²) in [6.45, 7) is 8.45. The number of hydrogen-bond acceptors (Lipinski definition) is 12. The van der Waals surface area contributed by atoms with Crippen LogP contribution < -0.4 is 29.7 Å². The summed E-state index contributed by atoms with van der Waals surface area (Å²) < 4.78 is 91.7. The van der Waals surface area contributed by atoms with Crippen molar-refractivity contribution < 1.29 is 59.7 Å². The Balaban J connectivity index is 1.25. The first-order valence-electron chi connectivity index (χ1n) is 21.5. The molecule has 7 atom stereocenters. The van der Waals surface area contributed by atoms with Crippen LogP contribution in [0, 0.1) is 17.8 Å². The highest BCUT2D eigenvalue weighted by molar-refractivity contribution is 7.91. The number of anilines is 1. The highest BCUT2D eigenvalue weighted by Crippen LogP contribution is 2.48. The molecular formula is C43H57F3N6O10S. The fourth-order valence-electron chi connectivity index (χ4n) is 8.56. The molecule has 7 unspecified atom stereocenters. The molecule has 7 rings (SSSR count). The number of nitrogens with zero attached hydrogens (tertiary/aromatic N) is 3. The van der Waals surface area contributed by atoms with Crippen LogP contribution >= 0.6 is 0 Å². The zero-order valence-electron chi connectivity index (χ0n) is 36.4. The van der Waals surface area contributed by atoms with Crippen molar-refractivity contribution in [3.8, 4) is 11.6 Å². The van der Waals surface area contributed by atoms with Crippen molar-refractivity contribution in [2.45, 2.75) is 120 Å². The number of carbonyl (C=O) groups excluding carboxylic acids is 4. The summed E-state index contributed by atoms with van der Waals surface area (Å²) >= 11 is 0. The molecule has 2 saturated heterocycles. The average Bonchev–Trinajstić information content (AvgIpc) is 4.10. The largest absolute Gasteiger partial charge is 0.497 e. The third-order valence-electron chi connectivity index (χ3n) is 13.2. The number of rotatable bonds is 9. The van der Waals surface area contributed by atoms with Gasteiger partial charge in [0, 0.05) is 30.8 Å². The van der Waals surface area contributed by atoms with E-state index in [9.17, 15) is 40.8 Å². The normalized spacial score (nSPS) is 29.0. The third kappa shape index (κ3) is 9.66. The van der Waals surface area contributed by atoms with Gasteiger partial charge >= 0.3 is 12.3 Å². The summed E-state index contributed by atoms with van der Waals surface area (Å²) in [7, 11) is -2.55. The molecule has 346 valence electrons. The molecule has 4 amide bonds. The number of alkyl carbamates (subject to hydrolysis) is 1. The molecule has 63 heavy (non-hydrogen) atoms. The molecule has 5 aliphatic rings. The lowest BCUT2D eigenvalue weighted by Crippen LogP contribution is -2.59. The van der Waals surface area contributed by atoms with Gasteiger partial charge in [-0.05, 0) is 101 Å². The molecule has 3 N–H and O–H groups in total. The van der Waals surface area contributed by atoms with Crippen LogP contribution in [-0.2, 0) is 33.9 Å². The van der Waals surface area contributed by atoms with Gasteiger partial charge in [0.25, 0.3) is 5.91 Å². The monoisotopic (exact) mass is 906 g/mol. The van der Waals surface area contributed by atoms with Gasteiger partial charge in [0.1, 0.15) is 35.3 Å². The Labute approximate surface area is 365 Å². The van der Waals surface area contributed by atoms with Gasteiger partial charge < -0.3 is 39.4 Å². The number of benzene rings is 1. The maximum atomic E-state index is 15.0. The molecule has 0 spiro atoms. The van der Waals surface area contributed by atoms with Gasteiger partial charge in [-0.15, -0.1) is 0 Å². The number of allylic oxidation sites excluding steroid dienone is 1. The molecule has 20 heteroatoms. The Morgan fingerprint density at radius 2 is 1.78 bits per heavy atom. The van der Waals surface area contributed by atoms with E-state index >= 15 is 0 Å². The number of sulfonamides is 1. The highest BCUT2D eigenvalue weighted by atomic mass is 32.2. The van der Waals surface area contributed by atoms with Crippen LogP contribution in [0.1, 0.15) is 79.6 Å². The van der Waals surface area contributed by atoms with Gasteiger partial charge in [-0.3, -0.25) is 19.1 Å². The SMILES string of the molecule is COc1ccc2c(OC3CC4C(=O)NC5(C(=O)NS(=O)(=O)C6(C)CC6)CC5C=CCCC(C)CC(C)C(NC(=O)OC(C)(C)C(F)(F)F)C(=O)N4C3)nc(N3CCOCC3)cc2c1. The second-order valence-corrected chi connectivity index (χ2v) is 20.6. The number of hydrogen-bond donors (Lipinski definition) is 3. The molecule has 1 aromatic carbocycles. The minimum Gasteiger partial charge on any atom is -0.497 e. The van der Waals surface area contributed by atoms with E-state index in [1.807, 2.05) is 30.0 Å². The number of halogens is 3. The lowest BCUT2D eigenvalue weighted by atomic mass is 9.88. The third-order valence-corrected chi connectivity index (χ3v) is 15.3. The van der Waals surface area contributed by atoms with Gasteiger partial charge in [0.05, 0.1) is 31.6 Å². The number of amides is 4. The van der Waals surface area contributed by atoms with Crippen LogP contribution in [0.5, 0.6) is 11.6 Å². The Morgan fingerprint density at radius 3 is 2.44 bits per heavy atom. The van der Waals surface area contributed by atoms with E-state index in [0.29, 0.717) is 89.2 Å². The van der Waals surface area contributed by atoms with Crippen LogP contribution in [0.15, 0.2) is 36.4 Å². The zero-order chi connectivity index (χ0) is 45.7. The van der Waals surface area contributed by atoms with Gasteiger partial charge in [-0.25, -0.2) is 13.2 Å². The van der Waals surface area contributed by atoms with Crippen LogP contribution in [0.2, 0.25) is 0 Å². The first kappa shape index (κ1) is 46.2. The topological polar surface area (TPSA) is 195 Å². The molecule has 0 radical (unpaired) electrons. The fourth-order valence-corrected chi connectivity index (χ4v) is 9.87. The molecule has 2 saturated carbocycles. The molecule has 1 aromatic heterocycles. The summed E-state index contributed by atoms with van der Waals surface area (Å²) in [5.41, 5.74) is -4.56. The number of methoxy groups -OCH3 is 1. The maximum absolute atomic E-state index is 15.0. The second-order valence-electron chi connectivity index (χ2n) is 18.5. The summed E-state index contributed by atoms with van der Waals surface area (Å²) in [5, 5.41) is 6.58. The number of fused-ring (bicyclic) bond motifs is 3. The predicted molar refractivity (Wildman–Crippen MR) is 224 cm³/mol. The summed E-state index contributed by atoms with van der Waals surface area (Å²) in [6, 6.07) is 4.46. The molecule has 2 aromatic rings. The number of nitrogens with one attached hydrogen (secondary N) is 3. The molecule has 4 fully saturated rings. The Hall–Kier alpha value is -4.85. The first-order chi connectivity index (χ1) is 29.6. The van der Waals surface area contributed by atoms with E-state index in [1.165, 1.54) is 4.90 Å². The second kappa shape index (κ2) is 17.3. The zero-order valence-corrected chi connectivity index (χ0v) is 37.2. The van der Waals surface area contributed by atoms with Gasteiger partial charge in [-0.2, -0.15) is 18.2 Å². The van der Waals surface area contributed by atoms with Crippen molar-refractivity contribution in [3.63, 3.8) is 0 Å². The maximum Gasteiger partial charge on any atom is 0.427 e. The Bertz CT molecular complexity index is 2250. The van der Waals surface area contributed by atoms with Crippen LogP contribution in [0.4, 0.5) is 23.8 Å². The molecule has 0 bridgehead atoms. The van der Waals surface area contributed by atoms with Crippen LogP contribution in [0.3, 0.4) is 0 Å². The molecule has 4 heterocycles. The Morgan fingerprint density at radius 1 is 1.06 bits per heavy atom. The van der Waals surface area contributed by atoms with E-state index in [1.54, 1.807) is 39.2 Å². The van der Waals surface area contributed by atoms with Crippen LogP contribution in [-0.4, -0.2) is 122 Å². The standard InChI is InChI=1S/C43H57F3N6O10S/c1-25-9-7-8-10-28-23-42(28,38(55)50-63(57,58)41(5)13-14-41)49-35(53)32-22-30(24-52(32)37(54)34(26(2)19-25)48-39(56)62-40(3,4)43(44,45)46)61-36-31-12-11-29(59-6)20-27(31)21-33(47-36)51-15-17-60-18-16-51/h8,10-12,20-21,25-26,28,30,32,34H,7,9,13-19,22-24H2,1-6H3,(H,48,56)(H,49,53)(H,50,55). The minimum atomic E-state index is -4.92. The predicted octanol–water partition coefficient (Wildman–Crippen LogP) is 4.75. The van der Waals surface area contributed by atoms with Crippen molar-refractivity contribution in [2.24, 2.45) is 17.8 Å². The van der Waals surface area contributed by atoms with E-state index in [0.717, 1.165) is 5.39 Å². The fraction of sp³-hybridized carbons (Fsp3) is 0.651. The smallest absolute Gasteiger partial charge is 0.427 e. The number of ether oxygens (including phenoxy) is 4. The lowest BCUT2D eigenvalue weighted by molar-refractivity contribution is -0.244. The quantitative estimate of drug-likeness (QED) is 0.293. The van der Waals surface area contributed by atoms with E-state index in [4.69, 9.17) is 23.9 Å². The number of morpholine rings is 1. The Kier molecular flexibility index (Phi) is 12.6. The summed E-state index contributed by atoms with van der Waals surface area (Å²) in [4.78, 5) is 65.1. The van der Waals surface area contributed by atoms with Gasteiger partial charge in [-0.1, -0.05) is 26.0 Å². The van der Waals surface area contributed by atoms with Crippen molar-refractivity contribution in [3.05, 3.63) is 36.4 Å².